The number of thiocarbonyl (C=S) groups is 1. The molecule has 0 bridgehead atoms. The Balaban J connectivity index is 1.63. The Kier molecular flexibility index (Phi) is 6.66. The van der Waals surface area contributed by atoms with Crippen LogP contribution in [0.25, 0.3) is 6.08 Å². The fourth-order valence-electron chi connectivity index (χ4n) is 3.09. The SMILES string of the molecule is Cc1cccc(N2C(=O)C(=Cc3ccc(Sc4ccc(Cl)cc4)c([N+](=O)[O-])c3)SC2=S)c1. The largest absolute Gasteiger partial charge is 0.283 e. The molecule has 160 valence electrons. The highest BCUT2D eigenvalue weighted by Gasteiger charge is 2.33. The summed E-state index contributed by atoms with van der Waals surface area (Å²) in [5.41, 5.74) is 2.25. The smallest absolute Gasteiger partial charge is 0.268 e. The lowest BCUT2D eigenvalue weighted by molar-refractivity contribution is -0.387. The van der Waals surface area contributed by atoms with E-state index >= 15 is 0 Å². The summed E-state index contributed by atoms with van der Waals surface area (Å²) in [4.78, 5) is 27.5. The number of hydrogen-bond acceptors (Lipinski definition) is 6. The molecule has 1 fully saturated rings. The second-order valence-electron chi connectivity index (χ2n) is 6.90. The number of hydrogen-bond donors (Lipinski definition) is 0. The van der Waals surface area contributed by atoms with Crippen LogP contribution in [0, 0.1) is 17.0 Å². The number of anilines is 1. The molecule has 9 heteroatoms. The van der Waals surface area contributed by atoms with Gasteiger partial charge in [-0.2, -0.15) is 0 Å². The zero-order valence-corrected chi connectivity index (χ0v) is 19.9. The molecule has 1 aliphatic heterocycles. The average Bonchev–Trinajstić information content (AvgIpc) is 3.03. The van der Waals surface area contributed by atoms with Gasteiger partial charge < -0.3 is 0 Å². The minimum Gasteiger partial charge on any atom is -0.268 e. The molecule has 0 radical (unpaired) electrons. The first-order valence-corrected chi connectivity index (χ1v) is 11.8. The van der Waals surface area contributed by atoms with Gasteiger partial charge in [0.25, 0.3) is 11.6 Å². The third kappa shape index (κ3) is 4.88. The van der Waals surface area contributed by atoms with E-state index in [1.807, 2.05) is 31.2 Å². The minimum atomic E-state index is -0.423. The Morgan fingerprint density at radius 2 is 1.88 bits per heavy atom. The van der Waals surface area contributed by atoms with Crippen molar-refractivity contribution >= 4 is 75.0 Å². The molecule has 0 aliphatic carbocycles. The number of aryl methyl sites for hydroxylation is 1. The quantitative estimate of drug-likeness (QED) is 0.161. The fourth-order valence-corrected chi connectivity index (χ4v) is 5.42. The van der Waals surface area contributed by atoms with Crippen LogP contribution in [0.5, 0.6) is 0 Å². The molecule has 0 unspecified atom stereocenters. The maximum Gasteiger partial charge on any atom is 0.283 e. The molecule has 1 amide bonds. The van der Waals surface area contributed by atoms with Crippen molar-refractivity contribution in [2.75, 3.05) is 4.90 Å². The summed E-state index contributed by atoms with van der Waals surface area (Å²) in [6, 6.07) is 19.5. The van der Waals surface area contributed by atoms with Crippen molar-refractivity contribution in [2.24, 2.45) is 0 Å². The van der Waals surface area contributed by atoms with Crippen molar-refractivity contribution in [1.82, 2.24) is 0 Å². The van der Waals surface area contributed by atoms with E-state index < -0.39 is 4.92 Å². The van der Waals surface area contributed by atoms with Gasteiger partial charge in [0.15, 0.2) is 4.32 Å². The van der Waals surface area contributed by atoms with E-state index in [-0.39, 0.29) is 11.6 Å². The summed E-state index contributed by atoms with van der Waals surface area (Å²) in [5.74, 6) is -0.243. The Labute approximate surface area is 203 Å². The molecule has 32 heavy (non-hydrogen) atoms. The van der Waals surface area contributed by atoms with E-state index in [0.717, 1.165) is 10.5 Å². The summed E-state index contributed by atoms with van der Waals surface area (Å²) in [7, 11) is 0. The van der Waals surface area contributed by atoms with E-state index in [0.29, 0.717) is 30.4 Å². The van der Waals surface area contributed by atoms with Crippen LogP contribution in [0.1, 0.15) is 11.1 Å². The number of carbonyl (C=O) groups is 1. The highest BCUT2D eigenvalue weighted by Crippen LogP contribution is 2.39. The average molecular weight is 499 g/mol. The fraction of sp³-hybridized carbons (Fsp3) is 0.0435. The molecule has 5 nitrogen and oxygen atoms in total. The highest BCUT2D eigenvalue weighted by atomic mass is 35.5. The van der Waals surface area contributed by atoms with Crippen LogP contribution in [0.2, 0.25) is 5.02 Å². The van der Waals surface area contributed by atoms with E-state index in [1.165, 1.54) is 34.5 Å². The van der Waals surface area contributed by atoms with Crippen LogP contribution in [0.4, 0.5) is 11.4 Å². The Morgan fingerprint density at radius 1 is 1.12 bits per heavy atom. The molecule has 1 heterocycles. The molecule has 0 spiro atoms. The van der Waals surface area contributed by atoms with Gasteiger partial charge in [-0.3, -0.25) is 19.8 Å². The topological polar surface area (TPSA) is 63.5 Å². The predicted molar refractivity (Wildman–Crippen MR) is 136 cm³/mol. The standard InChI is InChI=1S/C23H15ClN2O3S3/c1-14-3-2-4-17(11-14)25-22(27)21(32-23(25)30)13-15-5-10-20(19(12-15)26(28)29)31-18-8-6-16(24)7-9-18/h2-13H,1H3. The van der Waals surface area contributed by atoms with E-state index in [4.69, 9.17) is 23.8 Å². The zero-order valence-electron chi connectivity index (χ0n) is 16.7. The van der Waals surface area contributed by atoms with Gasteiger partial charge in [0.05, 0.1) is 20.4 Å². The van der Waals surface area contributed by atoms with Crippen LogP contribution >= 0.6 is 47.3 Å². The van der Waals surface area contributed by atoms with Crippen LogP contribution in [0.15, 0.2) is 81.4 Å². The first-order chi connectivity index (χ1) is 15.3. The lowest BCUT2D eigenvalue weighted by Gasteiger charge is -2.14. The molecule has 0 atom stereocenters. The molecule has 4 rings (SSSR count). The highest BCUT2D eigenvalue weighted by molar-refractivity contribution is 8.27. The van der Waals surface area contributed by atoms with Crippen molar-refractivity contribution in [3.63, 3.8) is 0 Å². The first-order valence-electron chi connectivity index (χ1n) is 9.38. The zero-order chi connectivity index (χ0) is 22.8. The van der Waals surface area contributed by atoms with Gasteiger partial charge in [-0.15, -0.1) is 0 Å². The molecular weight excluding hydrogens is 484 g/mol. The molecule has 0 N–H and O–H groups in total. The summed E-state index contributed by atoms with van der Waals surface area (Å²) in [5, 5.41) is 12.3. The monoisotopic (exact) mass is 498 g/mol. The molecule has 0 saturated carbocycles. The number of thioether (sulfide) groups is 1. The maximum absolute atomic E-state index is 13.0. The van der Waals surface area contributed by atoms with Crippen molar-refractivity contribution in [1.29, 1.82) is 0 Å². The molecule has 0 aromatic heterocycles. The Morgan fingerprint density at radius 3 is 2.56 bits per heavy atom. The van der Waals surface area contributed by atoms with Crippen LogP contribution in [0.3, 0.4) is 0 Å². The van der Waals surface area contributed by atoms with Gasteiger partial charge in [0.1, 0.15) is 0 Å². The van der Waals surface area contributed by atoms with Gasteiger partial charge >= 0.3 is 0 Å². The van der Waals surface area contributed by atoms with E-state index in [9.17, 15) is 14.9 Å². The van der Waals surface area contributed by atoms with E-state index in [2.05, 4.69) is 0 Å². The lowest BCUT2D eigenvalue weighted by atomic mass is 10.1. The van der Waals surface area contributed by atoms with Crippen LogP contribution < -0.4 is 4.90 Å². The summed E-state index contributed by atoms with van der Waals surface area (Å²) in [6.07, 6.45) is 1.64. The second-order valence-corrected chi connectivity index (χ2v) is 10.1. The third-order valence-corrected chi connectivity index (χ3v) is 7.20. The van der Waals surface area contributed by atoms with Crippen molar-refractivity contribution in [3.05, 3.63) is 97.9 Å². The minimum absolute atomic E-state index is 0.0344. The summed E-state index contributed by atoms with van der Waals surface area (Å²) in [6.45, 7) is 1.94. The number of nitro benzene ring substituents is 1. The number of amides is 1. The number of halogens is 1. The van der Waals surface area contributed by atoms with Gasteiger partial charge in [-0.25, -0.2) is 0 Å². The van der Waals surface area contributed by atoms with E-state index in [1.54, 1.807) is 42.5 Å². The van der Waals surface area contributed by atoms with Crippen LogP contribution in [-0.2, 0) is 4.79 Å². The number of carbonyl (C=O) groups excluding carboxylic acids is 1. The number of rotatable bonds is 5. The molecular formula is C23H15ClN2O3S3. The normalized spacial score (nSPS) is 14.9. The van der Waals surface area contributed by atoms with Crippen molar-refractivity contribution in [3.8, 4) is 0 Å². The maximum atomic E-state index is 13.0. The lowest BCUT2D eigenvalue weighted by Crippen LogP contribution is -2.27. The predicted octanol–water partition coefficient (Wildman–Crippen LogP) is 7.11. The molecule has 3 aromatic carbocycles. The van der Waals surface area contributed by atoms with Gasteiger partial charge in [-0.05, 0) is 66.6 Å². The summed E-state index contributed by atoms with van der Waals surface area (Å²) >= 11 is 13.8. The van der Waals surface area contributed by atoms with Gasteiger partial charge in [-0.1, -0.05) is 65.5 Å². The van der Waals surface area contributed by atoms with Crippen molar-refractivity contribution in [2.45, 2.75) is 16.7 Å². The molecule has 1 aliphatic rings. The van der Waals surface area contributed by atoms with Gasteiger partial charge in [0.2, 0.25) is 0 Å². The number of benzene rings is 3. The Bertz CT molecular complexity index is 1280. The van der Waals surface area contributed by atoms with Gasteiger partial charge in [0, 0.05) is 16.0 Å². The van der Waals surface area contributed by atoms with Crippen molar-refractivity contribution < 1.29 is 9.72 Å². The molecule has 3 aromatic rings. The molecule has 1 saturated heterocycles. The third-order valence-electron chi connectivity index (χ3n) is 4.57. The van der Waals surface area contributed by atoms with Crippen LogP contribution in [-0.4, -0.2) is 15.2 Å². The summed E-state index contributed by atoms with van der Waals surface area (Å²) < 4.78 is 0.427. The Hall–Kier alpha value is -2.65. The number of nitrogens with zero attached hydrogens (tertiary/aromatic N) is 2. The first kappa shape index (κ1) is 22.5. The second kappa shape index (κ2) is 9.46. The number of nitro groups is 1.